The summed E-state index contributed by atoms with van der Waals surface area (Å²) >= 11 is 3.40. The number of benzene rings is 2. The molecule has 0 N–H and O–H groups in total. The van der Waals surface area contributed by atoms with Gasteiger partial charge < -0.3 is 19.3 Å². The maximum absolute atomic E-state index is 12.9. The number of amides is 2. The lowest BCUT2D eigenvalue weighted by Gasteiger charge is -2.39. The third-order valence-electron chi connectivity index (χ3n) is 4.67. The minimum absolute atomic E-state index is 0.0901. The number of hydrogen-bond donors (Lipinski definition) is 0. The molecule has 2 aromatic rings. The van der Waals surface area contributed by atoms with Gasteiger partial charge in [0.15, 0.2) is 11.5 Å². The highest BCUT2D eigenvalue weighted by Crippen LogP contribution is 2.33. The minimum Gasteiger partial charge on any atom is -0.454 e. The third-order valence-corrected chi connectivity index (χ3v) is 5.20. The van der Waals surface area contributed by atoms with Crippen LogP contribution >= 0.6 is 15.9 Å². The van der Waals surface area contributed by atoms with Crippen LogP contribution in [0.1, 0.15) is 17.3 Å². The number of nitrogens with zero attached hydrogens (tertiary/aromatic N) is 2. The standard InChI is InChI=1S/C19H17BrN2O4/c1-12-18(23)22(15-5-3-14(20)4-6-15)9-8-21(12)19(24)13-2-7-16-17(10-13)26-11-25-16/h2-7,10,12H,8-9,11H2,1H3. The summed E-state index contributed by atoms with van der Waals surface area (Å²) in [5.74, 6) is 0.918. The Bertz CT molecular complexity index is 868. The highest BCUT2D eigenvalue weighted by molar-refractivity contribution is 9.10. The molecule has 0 spiro atoms. The number of fused-ring (bicyclic) bond motifs is 1. The van der Waals surface area contributed by atoms with Crippen molar-refractivity contribution in [2.45, 2.75) is 13.0 Å². The predicted octanol–water partition coefficient (Wildman–Crippen LogP) is 3.06. The normalized spacial score (nSPS) is 19.0. The van der Waals surface area contributed by atoms with Crippen molar-refractivity contribution in [3.05, 3.63) is 52.5 Å². The summed E-state index contributed by atoms with van der Waals surface area (Å²) in [4.78, 5) is 29.0. The second kappa shape index (κ2) is 6.64. The van der Waals surface area contributed by atoms with Crippen molar-refractivity contribution in [1.29, 1.82) is 0 Å². The zero-order chi connectivity index (χ0) is 18.3. The van der Waals surface area contributed by atoms with Crippen LogP contribution in [0.5, 0.6) is 11.5 Å². The fraction of sp³-hybridized carbons (Fsp3) is 0.263. The molecule has 4 rings (SSSR count). The molecule has 2 aromatic carbocycles. The van der Waals surface area contributed by atoms with Gasteiger partial charge in [-0.15, -0.1) is 0 Å². The number of hydrogen-bond acceptors (Lipinski definition) is 4. The highest BCUT2D eigenvalue weighted by Gasteiger charge is 2.35. The number of piperazine rings is 1. The van der Waals surface area contributed by atoms with E-state index in [-0.39, 0.29) is 18.6 Å². The quantitative estimate of drug-likeness (QED) is 0.754. The van der Waals surface area contributed by atoms with E-state index in [2.05, 4.69) is 15.9 Å². The molecule has 2 heterocycles. The fourth-order valence-corrected chi connectivity index (χ4v) is 3.48. The molecule has 1 saturated heterocycles. The van der Waals surface area contributed by atoms with Gasteiger partial charge in [0.2, 0.25) is 12.7 Å². The Balaban J connectivity index is 1.53. The SMILES string of the molecule is CC1C(=O)N(c2ccc(Br)cc2)CCN1C(=O)c1ccc2c(c1)OCO2. The van der Waals surface area contributed by atoms with E-state index in [0.29, 0.717) is 30.2 Å². The Morgan fingerprint density at radius 1 is 1.08 bits per heavy atom. The van der Waals surface area contributed by atoms with Crippen molar-refractivity contribution in [3.63, 3.8) is 0 Å². The van der Waals surface area contributed by atoms with Crippen LogP contribution in [0.25, 0.3) is 0 Å². The first-order chi connectivity index (χ1) is 12.5. The second-order valence-corrected chi connectivity index (χ2v) is 7.12. The van der Waals surface area contributed by atoms with Gasteiger partial charge in [-0.1, -0.05) is 15.9 Å². The first-order valence-electron chi connectivity index (χ1n) is 8.32. The van der Waals surface area contributed by atoms with Crippen LogP contribution < -0.4 is 14.4 Å². The molecule has 0 aliphatic carbocycles. The largest absolute Gasteiger partial charge is 0.454 e. The third kappa shape index (κ3) is 2.92. The van der Waals surface area contributed by atoms with E-state index in [4.69, 9.17) is 9.47 Å². The predicted molar refractivity (Wildman–Crippen MR) is 99.6 cm³/mol. The van der Waals surface area contributed by atoms with Crippen LogP contribution in [0.3, 0.4) is 0 Å². The van der Waals surface area contributed by atoms with Crippen molar-refractivity contribution >= 4 is 33.4 Å². The fourth-order valence-electron chi connectivity index (χ4n) is 3.22. The maximum Gasteiger partial charge on any atom is 0.254 e. The van der Waals surface area contributed by atoms with E-state index in [9.17, 15) is 9.59 Å². The average molecular weight is 417 g/mol. The lowest BCUT2D eigenvalue weighted by Crippen LogP contribution is -2.57. The van der Waals surface area contributed by atoms with Gasteiger partial charge in [-0.2, -0.15) is 0 Å². The smallest absolute Gasteiger partial charge is 0.254 e. The molecule has 2 aliphatic heterocycles. The van der Waals surface area contributed by atoms with E-state index in [0.717, 1.165) is 10.2 Å². The van der Waals surface area contributed by atoms with Crippen LogP contribution in [0.15, 0.2) is 46.9 Å². The van der Waals surface area contributed by atoms with Crippen LogP contribution in [-0.4, -0.2) is 42.6 Å². The molecule has 1 unspecified atom stereocenters. The molecule has 26 heavy (non-hydrogen) atoms. The van der Waals surface area contributed by atoms with Gasteiger partial charge in [0.05, 0.1) is 0 Å². The Labute approximate surface area is 159 Å². The van der Waals surface area contributed by atoms with Gasteiger partial charge in [0.1, 0.15) is 6.04 Å². The summed E-state index contributed by atoms with van der Waals surface area (Å²) < 4.78 is 11.6. The molecule has 0 radical (unpaired) electrons. The topological polar surface area (TPSA) is 59.1 Å². The summed E-state index contributed by atoms with van der Waals surface area (Å²) in [7, 11) is 0. The molecule has 2 aliphatic rings. The van der Waals surface area contributed by atoms with Crippen molar-refractivity contribution in [2.24, 2.45) is 0 Å². The first kappa shape index (κ1) is 16.9. The molecule has 1 fully saturated rings. The molecule has 6 nitrogen and oxygen atoms in total. The van der Waals surface area contributed by atoms with E-state index in [1.807, 2.05) is 24.3 Å². The molecule has 0 saturated carbocycles. The van der Waals surface area contributed by atoms with Gasteiger partial charge in [-0.3, -0.25) is 9.59 Å². The molecule has 2 amide bonds. The lowest BCUT2D eigenvalue weighted by molar-refractivity contribution is -0.124. The number of anilines is 1. The first-order valence-corrected chi connectivity index (χ1v) is 9.11. The number of carbonyl (C=O) groups excluding carboxylic acids is 2. The Kier molecular flexibility index (Phi) is 4.32. The van der Waals surface area contributed by atoms with Crippen LogP contribution in [0.2, 0.25) is 0 Å². The molecule has 0 aromatic heterocycles. The van der Waals surface area contributed by atoms with Gasteiger partial charge in [-0.25, -0.2) is 0 Å². The molecule has 134 valence electrons. The molecule has 1 atom stereocenters. The minimum atomic E-state index is -0.537. The van der Waals surface area contributed by atoms with E-state index < -0.39 is 6.04 Å². The summed E-state index contributed by atoms with van der Waals surface area (Å²) in [5.41, 5.74) is 1.33. The van der Waals surface area contributed by atoms with E-state index in [1.165, 1.54) is 0 Å². The van der Waals surface area contributed by atoms with Crippen molar-refractivity contribution in [2.75, 3.05) is 24.8 Å². The van der Waals surface area contributed by atoms with Crippen LogP contribution in [-0.2, 0) is 4.79 Å². The summed E-state index contributed by atoms with van der Waals surface area (Å²) in [6, 6.07) is 12.1. The number of rotatable bonds is 2. The number of ether oxygens (including phenoxy) is 2. The Morgan fingerprint density at radius 2 is 1.81 bits per heavy atom. The molecule has 0 bridgehead atoms. The number of carbonyl (C=O) groups is 2. The van der Waals surface area contributed by atoms with Crippen LogP contribution in [0, 0.1) is 0 Å². The highest BCUT2D eigenvalue weighted by atomic mass is 79.9. The van der Waals surface area contributed by atoms with Gasteiger partial charge in [-0.05, 0) is 49.4 Å². The van der Waals surface area contributed by atoms with Crippen molar-refractivity contribution in [1.82, 2.24) is 4.90 Å². The van der Waals surface area contributed by atoms with E-state index in [1.54, 1.807) is 34.9 Å². The van der Waals surface area contributed by atoms with E-state index >= 15 is 0 Å². The molecular formula is C19H17BrN2O4. The summed E-state index contributed by atoms with van der Waals surface area (Å²) in [6.45, 7) is 2.85. The van der Waals surface area contributed by atoms with Gasteiger partial charge in [0, 0.05) is 28.8 Å². The average Bonchev–Trinajstić information content (AvgIpc) is 3.12. The molecule has 7 heteroatoms. The lowest BCUT2D eigenvalue weighted by atomic mass is 10.1. The Morgan fingerprint density at radius 3 is 2.58 bits per heavy atom. The van der Waals surface area contributed by atoms with Crippen molar-refractivity contribution < 1.29 is 19.1 Å². The second-order valence-electron chi connectivity index (χ2n) is 6.21. The van der Waals surface area contributed by atoms with Crippen molar-refractivity contribution in [3.8, 4) is 11.5 Å². The van der Waals surface area contributed by atoms with Gasteiger partial charge >= 0.3 is 0 Å². The zero-order valence-corrected chi connectivity index (χ0v) is 15.7. The summed E-state index contributed by atoms with van der Waals surface area (Å²) in [5, 5.41) is 0. The van der Waals surface area contributed by atoms with Gasteiger partial charge in [0.25, 0.3) is 5.91 Å². The maximum atomic E-state index is 12.9. The monoisotopic (exact) mass is 416 g/mol. The summed E-state index contributed by atoms with van der Waals surface area (Å²) in [6.07, 6.45) is 0. The Hall–Kier alpha value is -2.54. The zero-order valence-electron chi connectivity index (χ0n) is 14.1. The molecular weight excluding hydrogens is 400 g/mol. The van der Waals surface area contributed by atoms with Crippen LogP contribution in [0.4, 0.5) is 5.69 Å². The number of halogens is 1.